The Balaban J connectivity index is 2.89. The maximum atomic E-state index is 12.0. The smallest absolute Gasteiger partial charge is 0.325 e. The number of nitrogen functional groups attached to an aromatic ring is 1. The van der Waals surface area contributed by atoms with E-state index in [0.717, 1.165) is 0 Å². The van der Waals surface area contributed by atoms with E-state index in [1.54, 1.807) is 32.2 Å². The number of likely N-dealkylation sites (N-methyl/N-ethyl adjacent to an activating group) is 1. The molecule has 0 heterocycles. The molecule has 0 bridgehead atoms. The van der Waals surface area contributed by atoms with Gasteiger partial charge in [0.1, 0.15) is 6.54 Å². The Morgan fingerprint density at radius 1 is 1.41 bits per heavy atom. The molecule has 0 aliphatic carbocycles. The van der Waals surface area contributed by atoms with Crippen LogP contribution in [0.1, 0.15) is 15.9 Å². The van der Waals surface area contributed by atoms with Gasteiger partial charge in [0.15, 0.2) is 0 Å². The van der Waals surface area contributed by atoms with Gasteiger partial charge >= 0.3 is 5.97 Å². The molecule has 1 aromatic rings. The largest absolute Gasteiger partial charge is 0.468 e. The van der Waals surface area contributed by atoms with Crippen molar-refractivity contribution in [3.05, 3.63) is 29.3 Å². The lowest BCUT2D eigenvalue weighted by Crippen LogP contribution is -2.33. The molecule has 0 aliphatic rings. The van der Waals surface area contributed by atoms with Crippen molar-refractivity contribution in [2.75, 3.05) is 26.4 Å². The van der Waals surface area contributed by atoms with Gasteiger partial charge in [0.2, 0.25) is 0 Å². The molecule has 0 fully saturated rings. The average molecular weight is 236 g/mol. The molecule has 0 aromatic heterocycles. The standard InChI is InChI=1S/C12H16N2O3/c1-8-9(5-4-6-10(8)13)12(16)14(2)7-11(15)17-3/h4-6H,7,13H2,1-3H3. The van der Waals surface area contributed by atoms with E-state index in [1.165, 1.54) is 12.0 Å². The number of carbonyl (C=O) groups is 2. The third kappa shape index (κ3) is 2.96. The highest BCUT2D eigenvalue weighted by molar-refractivity contribution is 5.98. The second kappa shape index (κ2) is 5.34. The van der Waals surface area contributed by atoms with Gasteiger partial charge in [-0.25, -0.2) is 0 Å². The zero-order chi connectivity index (χ0) is 13.0. The van der Waals surface area contributed by atoms with Crippen LogP contribution in [-0.4, -0.2) is 37.5 Å². The van der Waals surface area contributed by atoms with E-state index in [1.807, 2.05) is 0 Å². The lowest BCUT2D eigenvalue weighted by Gasteiger charge is -2.17. The van der Waals surface area contributed by atoms with Crippen LogP contribution in [0.4, 0.5) is 5.69 Å². The minimum atomic E-state index is -0.456. The second-order valence-corrected chi connectivity index (χ2v) is 3.76. The number of hydrogen-bond donors (Lipinski definition) is 1. The molecular weight excluding hydrogens is 220 g/mol. The van der Waals surface area contributed by atoms with Crippen LogP contribution >= 0.6 is 0 Å². The fourth-order valence-corrected chi connectivity index (χ4v) is 1.42. The Bertz CT molecular complexity index is 443. The Morgan fingerprint density at radius 2 is 2.06 bits per heavy atom. The number of esters is 1. The van der Waals surface area contributed by atoms with Gasteiger partial charge in [-0.05, 0) is 24.6 Å². The number of ether oxygens (including phenoxy) is 1. The van der Waals surface area contributed by atoms with E-state index in [9.17, 15) is 9.59 Å². The Kier molecular flexibility index (Phi) is 4.09. The van der Waals surface area contributed by atoms with Crippen LogP contribution in [0.2, 0.25) is 0 Å². The van der Waals surface area contributed by atoms with Gasteiger partial charge in [-0.1, -0.05) is 6.07 Å². The number of nitrogens with zero attached hydrogens (tertiary/aromatic N) is 1. The minimum Gasteiger partial charge on any atom is -0.468 e. The van der Waals surface area contributed by atoms with Gasteiger partial charge < -0.3 is 15.4 Å². The van der Waals surface area contributed by atoms with Gasteiger partial charge in [-0.2, -0.15) is 0 Å². The maximum Gasteiger partial charge on any atom is 0.325 e. The molecule has 1 amide bonds. The van der Waals surface area contributed by atoms with E-state index in [0.29, 0.717) is 16.8 Å². The molecule has 0 radical (unpaired) electrons. The first-order valence-corrected chi connectivity index (χ1v) is 5.14. The number of hydrogen-bond acceptors (Lipinski definition) is 4. The minimum absolute atomic E-state index is 0.0798. The summed E-state index contributed by atoms with van der Waals surface area (Å²) in [7, 11) is 2.83. The third-order valence-corrected chi connectivity index (χ3v) is 2.55. The molecule has 0 aliphatic heterocycles. The highest BCUT2D eigenvalue weighted by atomic mass is 16.5. The van der Waals surface area contributed by atoms with Crippen molar-refractivity contribution in [1.29, 1.82) is 0 Å². The molecule has 5 heteroatoms. The number of carbonyl (C=O) groups excluding carboxylic acids is 2. The highest BCUT2D eigenvalue weighted by Gasteiger charge is 2.17. The molecule has 1 aromatic carbocycles. The summed E-state index contributed by atoms with van der Waals surface area (Å²) in [6.07, 6.45) is 0. The van der Waals surface area contributed by atoms with Crippen LogP contribution in [0.3, 0.4) is 0 Å². The summed E-state index contributed by atoms with van der Waals surface area (Å²) < 4.78 is 4.50. The first kappa shape index (κ1) is 13.0. The summed E-state index contributed by atoms with van der Waals surface area (Å²) >= 11 is 0. The molecule has 17 heavy (non-hydrogen) atoms. The predicted octanol–water partition coefficient (Wildman–Crippen LogP) is 0.822. The van der Waals surface area contributed by atoms with Gasteiger partial charge in [0.05, 0.1) is 7.11 Å². The first-order valence-electron chi connectivity index (χ1n) is 5.14. The molecule has 0 saturated heterocycles. The SMILES string of the molecule is COC(=O)CN(C)C(=O)c1cccc(N)c1C. The number of anilines is 1. The fourth-order valence-electron chi connectivity index (χ4n) is 1.42. The van der Waals surface area contributed by atoms with Gasteiger partial charge in [-0.15, -0.1) is 0 Å². The number of amides is 1. The molecule has 2 N–H and O–H groups in total. The Morgan fingerprint density at radius 3 is 2.65 bits per heavy atom. The lowest BCUT2D eigenvalue weighted by molar-refractivity contribution is -0.141. The van der Waals surface area contributed by atoms with Crippen molar-refractivity contribution in [2.45, 2.75) is 6.92 Å². The van der Waals surface area contributed by atoms with Crippen LogP contribution in [0.5, 0.6) is 0 Å². The molecular formula is C12H16N2O3. The van der Waals surface area contributed by atoms with Crippen molar-refractivity contribution >= 4 is 17.6 Å². The van der Waals surface area contributed by atoms with E-state index in [4.69, 9.17) is 5.73 Å². The monoisotopic (exact) mass is 236 g/mol. The topological polar surface area (TPSA) is 72.6 Å². The van der Waals surface area contributed by atoms with E-state index in [2.05, 4.69) is 4.74 Å². The van der Waals surface area contributed by atoms with E-state index < -0.39 is 5.97 Å². The summed E-state index contributed by atoms with van der Waals surface area (Å²) in [5.74, 6) is -0.706. The number of rotatable bonds is 3. The van der Waals surface area contributed by atoms with Crippen molar-refractivity contribution < 1.29 is 14.3 Å². The Hall–Kier alpha value is -2.04. The zero-order valence-corrected chi connectivity index (χ0v) is 10.2. The van der Waals surface area contributed by atoms with Crippen molar-refractivity contribution in [3.63, 3.8) is 0 Å². The lowest BCUT2D eigenvalue weighted by atomic mass is 10.1. The predicted molar refractivity (Wildman–Crippen MR) is 64.6 cm³/mol. The third-order valence-electron chi connectivity index (χ3n) is 2.55. The first-order chi connectivity index (χ1) is 7.97. The molecule has 92 valence electrons. The molecule has 0 spiro atoms. The second-order valence-electron chi connectivity index (χ2n) is 3.76. The fraction of sp³-hybridized carbons (Fsp3) is 0.333. The molecule has 0 atom stereocenters. The Labute approximate surface area is 100 Å². The van der Waals surface area contributed by atoms with Crippen LogP contribution in [0.15, 0.2) is 18.2 Å². The quantitative estimate of drug-likeness (QED) is 0.623. The maximum absolute atomic E-state index is 12.0. The van der Waals surface area contributed by atoms with Gasteiger partial charge in [0, 0.05) is 18.3 Å². The van der Waals surface area contributed by atoms with E-state index in [-0.39, 0.29) is 12.5 Å². The molecule has 1 rings (SSSR count). The van der Waals surface area contributed by atoms with Gasteiger partial charge in [0.25, 0.3) is 5.91 Å². The molecule has 0 unspecified atom stereocenters. The van der Waals surface area contributed by atoms with Crippen LogP contribution in [-0.2, 0) is 9.53 Å². The summed E-state index contributed by atoms with van der Waals surface area (Å²) in [5, 5.41) is 0. The normalized spacial score (nSPS) is 9.82. The summed E-state index contributed by atoms with van der Waals surface area (Å²) in [6.45, 7) is 1.69. The molecule has 0 saturated carbocycles. The summed E-state index contributed by atoms with van der Waals surface area (Å²) in [6, 6.07) is 5.12. The van der Waals surface area contributed by atoms with Crippen molar-refractivity contribution in [3.8, 4) is 0 Å². The molecule has 5 nitrogen and oxygen atoms in total. The van der Waals surface area contributed by atoms with Crippen molar-refractivity contribution in [2.24, 2.45) is 0 Å². The van der Waals surface area contributed by atoms with Crippen LogP contribution < -0.4 is 5.73 Å². The summed E-state index contributed by atoms with van der Waals surface area (Å²) in [5.41, 5.74) is 7.49. The number of nitrogens with two attached hydrogens (primary N) is 1. The highest BCUT2D eigenvalue weighted by Crippen LogP contribution is 2.16. The van der Waals surface area contributed by atoms with Crippen LogP contribution in [0, 0.1) is 6.92 Å². The number of benzene rings is 1. The van der Waals surface area contributed by atoms with Crippen molar-refractivity contribution in [1.82, 2.24) is 4.90 Å². The number of methoxy groups -OCH3 is 1. The van der Waals surface area contributed by atoms with E-state index >= 15 is 0 Å². The zero-order valence-electron chi connectivity index (χ0n) is 10.2. The average Bonchev–Trinajstić information content (AvgIpc) is 2.31. The summed E-state index contributed by atoms with van der Waals surface area (Å²) in [4.78, 5) is 24.4. The van der Waals surface area contributed by atoms with Gasteiger partial charge in [-0.3, -0.25) is 9.59 Å². The van der Waals surface area contributed by atoms with Crippen LogP contribution in [0.25, 0.3) is 0 Å².